The van der Waals surface area contributed by atoms with E-state index in [4.69, 9.17) is 16.3 Å². The summed E-state index contributed by atoms with van der Waals surface area (Å²) < 4.78 is 5.76. The third-order valence-corrected chi connectivity index (χ3v) is 3.26. The standard InChI is InChI=1S/C13H14ClN5O/c1-9-4-17-13(18-5-9)20-11-2-3-19(8-11)12-15-6-10(14)7-16-12/h4-7,11H,2-3,8H2,1H3. The van der Waals surface area contributed by atoms with Crippen molar-refractivity contribution < 1.29 is 4.74 Å². The maximum atomic E-state index is 5.78. The average molecular weight is 292 g/mol. The second-order valence-corrected chi connectivity index (χ2v) is 5.16. The molecule has 1 saturated heterocycles. The van der Waals surface area contributed by atoms with Crippen LogP contribution in [0.25, 0.3) is 0 Å². The van der Waals surface area contributed by atoms with Crippen molar-refractivity contribution in [2.75, 3.05) is 18.0 Å². The van der Waals surface area contributed by atoms with E-state index in [1.807, 2.05) is 6.92 Å². The molecule has 1 atom stereocenters. The van der Waals surface area contributed by atoms with Crippen molar-refractivity contribution in [3.05, 3.63) is 35.4 Å². The number of anilines is 1. The molecule has 1 aliphatic rings. The highest BCUT2D eigenvalue weighted by Crippen LogP contribution is 2.19. The van der Waals surface area contributed by atoms with Crippen molar-refractivity contribution in [1.82, 2.24) is 19.9 Å². The zero-order valence-electron chi connectivity index (χ0n) is 11.0. The van der Waals surface area contributed by atoms with E-state index >= 15 is 0 Å². The molecule has 104 valence electrons. The number of rotatable bonds is 3. The minimum absolute atomic E-state index is 0.0528. The number of hydrogen-bond donors (Lipinski definition) is 0. The van der Waals surface area contributed by atoms with E-state index in [-0.39, 0.29) is 6.10 Å². The second-order valence-electron chi connectivity index (χ2n) is 4.72. The van der Waals surface area contributed by atoms with Gasteiger partial charge in [-0.05, 0) is 12.5 Å². The minimum Gasteiger partial charge on any atom is -0.458 e. The maximum absolute atomic E-state index is 5.78. The van der Waals surface area contributed by atoms with Crippen LogP contribution in [0.2, 0.25) is 5.02 Å². The molecular weight excluding hydrogens is 278 g/mol. The monoisotopic (exact) mass is 291 g/mol. The summed E-state index contributed by atoms with van der Waals surface area (Å²) in [5, 5.41) is 0.536. The van der Waals surface area contributed by atoms with Gasteiger partial charge in [0.25, 0.3) is 0 Å². The molecule has 3 heterocycles. The van der Waals surface area contributed by atoms with Crippen LogP contribution < -0.4 is 9.64 Å². The van der Waals surface area contributed by atoms with Crippen LogP contribution in [0.3, 0.4) is 0 Å². The third-order valence-electron chi connectivity index (χ3n) is 3.06. The van der Waals surface area contributed by atoms with E-state index in [1.165, 1.54) is 0 Å². The van der Waals surface area contributed by atoms with Gasteiger partial charge < -0.3 is 9.64 Å². The van der Waals surface area contributed by atoms with Gasteiger partial charge in [-0.1, -0.05) is 11.6 Å². The molecule has 20 heavy (non-hydrogen) atoms. The van der Waals surface area contributed by atoms with Gasteiger partial charge in [0.1, 0.15) is 6.10 Å². The molecular formula is C13H14ClN5O. The van der Waals surface area contributed by atoms with E-state index in [1.54, 1.807) is 24.8 Å². The lowest BCUT2D eigenvalue weighted by molar-refractivity contribution is 0.206. The van der Waals surface area contributed by atoms with E-state index in [2.05, 4.69) is 24.8 Å². The van der Waals surface area contributed by atoms with Gasteiger partial charge in [-0.2, -0.15) is 0 Å². The lowest BCUT2D eigenvalue weighted by Gasteiger charge is -2.16. The normalized spacial score (nSPS) is 18.3. The topological polar surface area (TPSA) is 64.0 Å². The Hall–Kier alpha value is -1.95. The van der Waals surface area contributed by atoms with Gasteiger partial charge in [0.05, 0.1) is 24.0 Å². The van der Waals surface area contributed by atoms with Crippen LogP contribution in [0.5, 0.6) is 6.01 Å². The molecule has 7 heteroatoms. The highest BCUT2D eigenvalue weighted by molar-refractivity contribution is 6.30. The van der Waals surface area contributed by atoms with E-state index in [0.717, 1.165) is 25.1 Å². The first kappa shape index (κ1) is 13.1. The molecule has 1 unspecified atom stereocenters. The highest BCUT2D eigenvalue weighted by atomic mass is 35.5. The molecule has 0 N–H and O–H groups in total. The SMILES string of the molecule is Cc1cnc(OC2CCN(c3ncc(Cl)cn3)C2)nc1. The van der Waals surface area contributed by atoms with Gasteiger partial charge in [-0.3, -0.25) is 0 Å². The third kappa shape index (κ3) is 2.96. The van der Waals surface area contributed by atoms with Crippen LogP contribution in [0.15, 0.2) is 24.8 Å². The Labute approximate surface area is 121 Å². The number of hydrogen-bond acceptors (Lipinski definition) is 6. The molecule has 0 aliphatic carbocycles. The number of nitrogens with zero attached hydrogens (tertiary/aromatic N) is 5. The number of halogens is 1. The Balaban J connectivity index is 1.62. The van der Waals surface area contributed by atoms with Crippen molar-refractivity contribution in [2.45, 2.75) is 19.4 Å². The Morgan fingerprint density at radius 2 is 1.85 bits per heavy atom. The van der Waals surface area contributed by atoms with Gasteiger partial charge in [0.15, 0.2) is 0 Å². The second kappa shape index (κ2) is 5.58. The average Bonchev–Trinajstić information content (AvgIpc) is 2.91. The van der Waals surface area contributed by atoms with Crippen molar-refractivity contribution in [3.63, 3.8) is 0 Å². The lowest BCUT2D eigenvalue weighted by atomic mass is 10.3. The first-order valence-corrected chi connectivity index (χ1v) is 6.76. The summed E-state index contributed by atoms with van der Waals surface area (Å²) in [6, 6.07) is 0.416. The first-order valence-electron chi connectivity index (χ1n) is 6.38. The summed E-state index contributed by atoms with van der Waals surface area (Å²) >= 11 is 5.78. The molecule has 0 saturated carbocycles. The van der Waals surface area contributed by atoms with E-state index < -0.39 is 0 Å². The highest BCUT2D eigenvalue weighted by Gasteiger charge is 2.26. The molecule has 0 bridgehead atoms. The van der Waals surface area contributed by atoms with Crippen LogP contribution in [-0.4, -0.2) is 39.1 Å². The predicted molar refractivity (Wildman–Crippen MR) is 75.1 cm³/mol. The Bertz CT molecular complexity index is 574. The van der Waals surface area contributed by atoms with Crippen molar-refractivity contribution in [3.8, 4) is 6.01 Å². The zero-order valence-corrected chi connectivity index (χ0v) is 11.8. The predicted octanol–water partition coefficient (Wildman–Crippen LogP) is 1.89. The van der Waals surface area contributed by atoms with E-state index in [0.29, 0.717) is 17.0 Å². The molecule has 3 rings (SSSR count). The summed E-state index contributed by atoms with van der Waals surface area (Å²) in [6.07, 6.45) is 7.64. The zero-order chi connectivity index (χ0) is 13.9. The molecule has 6 nitrogen and oxygen atoms in total. The quantitative estimate of drug-likeness (QED) is 0.860. The molecule has 0 spiro atoms. The van der Waals surface area contributed by atoms with Crippen LogP contribution >= 0.6 is 11.6 Å². The van der Waals surface area contributed by atoms with Gasteiger partial charge in [-0.15, -0.1) is 0 Å². The summed E-state index contributed by atoms with van der Waals surface area (Å²) in [5.74, 6) is 0.672. The van der Waals surface area contributed by atoms with Crippen LogP contribution in [0, 0.1) is 6.92 Å². The summed E-state index contributed by atoms with van der Waals surface area (Å²) in [4.78, 5) is 18.8. The van der Waals surface area contributed by atoms with Crippen molar-refractivity contribution in [2.24, 2.45) is 0 Å². The molecule has 0 radical (unpaired) electrons. The smallest absolute Gasteiger partial charge is 0.316 e. The first-order chi connectivity index (χ1) is 9.70. The summed E-state index contributed by atoms with van der Waals surface area (Å²) in [7, 11) is 0. The number of ether oxygens (including phenoxy) is 1. The minimum atomic E-state index is 0.0528. The molecule has 1 aliphatic heterocycles. The molecule has 2 aromatic rings. The van der Waals surface area contributed by atoms with E-state index in [9.17, 15) is 0 Å². The van der Waals surface area contributed by atoms with Crippen LogP contribution in [0.4, 0.5) is 5.95 Å². The van der Waals surface area contributed by atoms with Gasteiger partial charge >= 0.3 is 6.01 Å². The fraction of sp³-hybridized carbons (Fsp3) is 0.385. The lowest BCUT2D eigenvalue weighted by Crippen LogP contribution is -2.26. The fourth-order valence-electron chi connectivity index (χ4n) is 2.07. The summed E-state index contributed by atoms with van der Waals surface area (Å²) in [5.41, 5.74) is 1.01. The van der Waals surface area contributed by atoms with Crippen molar-refractivity contribution >= 4 is 17.5 Å². The van der Waals surface area contributed by atoms with Gasteiger partial charge in [0.2, 0.25) is 5.95 Å². The van der Waals surface area contributed by atoms with Crippen LogP contribution in [0.1, 0.15) is 12.0 Å². The Morgan fingerprint density at radius 3 is 2.55 bits per heavy atom. The Morgan fingerprint density at radius 1 is 1.15 bits per heavy atom. The number of aromatic nitrogens is 4. The fourth-order valence-corrected chi connectivity index (χ4v) is 2.16. The van der Waals surface area contributed by atoms with Crippen LogP contribution in [-0.2, 0) is 0 Å². The Kier molecular flexibility index (Phi) is 3.64. The van der Waals surface area contributed by atoms with Crippen molar-refractivity contribution in [1.29, 1.82) is 0 Å². The number of aryl methyl sites for hydroxylation is 1. The summed E-state index contributed by atoms with van der Waals surface area (Å²) in [6.45, 7) is 3.51. The maximum Gasteiger partial charge on any atom is 0.316 e. The largest absolute Gasteiger partial charge is 0.458 e. The molecule has 0 amide bonds. The molecule has 2 aromatic heterocycles. The molecule has 0 aromatic carbocycles. The van der Waals surface area contributed by atoms with Gasteiger partial charge in [-0.25, -0.2) is 19.9 Å². The molecule has 1 fully saturated rings. The van der Waals surface area contributed by atoms with Gasteiger partial charge in [0, 0.05) is 25.4 Å².